The second-order valence-corrected chi connectivity index (χ2v) is 6.22. The Morgan fingerprint density at radius 1 is 0.840 bits per heavy atom. The van der Waals surface area contributed by atoms with Crippen molar-refractivity contribution in [2.24, 2.45) is 0 Å². The molecular weight excluding hydrogens is 392 g/mol. The molecule has 0 aliphatic heterocycles. The molecule has 0 aliphatic rings. The summed E-state index contributed by atoms with van der Waals surface area (Å²) >= 11 is 3.02. The van der Waals surface area contributed by atoms with Crippen LogP contribution in [0.4, 0.5) is 0 Å². The van der Waals surface area contributed by atoms with Gasteiger partial charge in [0.2, 0.25) is 0 Å². The Labute approximate surface area is 159 Å². The quantitative estimate of drug-likeness (QED) is 0.270. The number of halogens is 1. The Kier molecular flexibility index (Phi) is 18.3. The van der Waals surface area contributed by atoms with Crippen LogP contribution in [-0.4, -0.2) is 41.5 Å². The van der Waals surface area contributed by atoms with Gasteiger partial charge in [-0.1, -0.05) is 42.6 Å². The Morgan fingerprint density at radius 2 is 1.36 bits per heavy atom. The molecule has 0 fully saturated rings. The molecule has 0 amide bonds. The standard InChI is InChI=1S/C9H15BrO3.C9H16O3/c1-3-5-6-7(11)8(10)9(12)13-4-2;1-3-5-6-8(10)7-9(11)12-4-2/h8H,3-6H2,1-2H3;3-7H2,1-2H3. The molecule has 7 heteroatoms. The van der Waals surface area contributed by atoms with E-state index in [1.807, 2.05) is 13.8 Å². The topological polar surface area (TPSA) is 86.7 Å². The molecule has 25 heavy (non-hydrogen) atoms. The highest BCUT2D eigenvalue weighted by Crippen LogP contribution is 2.09. The van der Waals surface area contributed by atoms with Crippen LogP contribution in [0.2, 0.25) is 0 Å². The highest BCUT2D eigenvalue weighted by atomic mass is 79.9. The predicted molar refractivity (Wildman–Crippen MR) is 99.7 cm³/mol. The van der Waals surface area contributed by atoms with Crippen LogP contribution in [0.15, 0.2) is 0 Å². The number of carbonyl (C=O) groups is 4. The summed E-state index contributed by atoms with van der Waals surface area (Å²) in [5, 5.41) is 0. The highest BCUT2D eigenvalue weighted by Gasteiger charge is 2.23. The molecule has 0 rings (SSSR count). The summed E-state index contributed by atoms with van der Waals surface area (Å²) in [5.74, 6) is -1.00. The van der Waals surface area contributed by atoms with Gasteiger partial charge >= 0.3 is 11.9 Å². The molecule has 0 bridgehead atoms. The average Bonchev–Trinajstić information content (AvgIpc) is 2.58. The molecule has 146 valence electrons. The second kappa shape index (κ2) is 17.6. The van der Waals surface area contributed by atoms with E-state index in [9.17, 15) is 19.2 Å². The Hall–Kier alpha value is -1.24. The van der Waals surface area contributed by atoms with E-state index in [1.54, 1.807) is 13.8 Å². The Morgan fingerprint density at radius 3 is 1.84 bits per heavy atom. The van der Waals surface area contributed by atoms with Crippen molar-refractivity contribution < 1.29 is 28.7 Å². The third-order valence-electron chi connectivity index (χ3n) is 3.01. The number of Topliss-reactive ketones (excluding diaryl/α,β-unsaturated/α-hetero) is 2. The van der Waals surface area contributed by atoms with Crippen molar-refractivity contribution in [1.29, 1.82) is 0 Å². The second-order valence-electron chi connectivity index (χ2n) is 5.31. The minimum Gasteiger partial charge on any atom is -0.466 e. The van der Waals surface area contributed by atoms with Crippen LogP contribution >= 0.6 is 15.9 Å². The molecule has 0 spiro atoms. The van der Waals surface area contributed by atoms with Crippen molar-refractivity contribution in [2.45, 2.75) is 77.5 Å². The Balaban J connectivity index is 0. The van der Waals surface area contributed by atoms with Gasteiger partial charge in [-0.05, 0) is 26.7 Å². The van der Waals surface area contributed by atoms with Gasteiger partial charge in [-0.25, -0.2) is 0 Å². The number of esters is 2. The largest absolute Gasteiger partial charge is 0.466 e. The number of unbranched alkanes of at least 4 members (excludes halogenated alkanes) is 2. The molecule has 0 saturated carbocycles. The molecule has 6 nitrogen and oxygen atoms in total. The zero-order chi connectivity index (χ0) is 19.7. The van der Waals surface area contributed by atoms with Crippen molar-refractivity contribution in [3.63, 3.8) is 0 Å². The van der Waals surface area contributed by atoms with Crippen LogP contribution in [0.1, 0.15) is 72.6 Å². The molecule has 1 unspecified atom stereocenters. The summed E-state index contributed by atoms with van der Waals surface area (Å²) in [6.45, 7) is 8.11. The first-order valence-electron chi connectivity index (χ1n) is 8.84. The number of hydrogen-bond acceptors (Lipinski definition) is 6. The summed E-state index contributed by atoms with van der Waals surface area (Å²) < 4.78 is 9.33. The van der Waals surface area contributed by atoms with E-state index < -0.39 is 16.8 Å². The normalized spacial score (nSPS) is 10.9. The number of rotatable bonds is 12. The van der Waals surface area contributed by atoms with Gasteiger partial charge in [-0.2, -0.15) is 0 Å². The summed E-state index contributed by atoms with van der Waals surface area (Å²) in [5.41, 5.74) is 0. The van der Waals surface area contributed by atoms with Crippen molar-refractivity contribution in [2.75, 3.05) is 13.2 Å². The van der Waals surface area contributed by atoms with Gasteiger partial charge in [0.15, 0.2) is 10.6 Å². The Bertz CT molecular complexity index is 408. The van der Waals surface area contributed by atoms with E-state index in [2.05, 4.69) is 20.7 Å². The smallest absolute Gasteiger partial charge is 0.327 e. The van der Waals surface area contributed by atoms with Crippen LogP contribution in [0.5, 0.6) is 0 Å². The summed E-state index contributed by atoms with van der Waals surface area (Å²) in [7, 11) is 0. The van der Waals surface area contributed by atoms with E-state index >= 15 is 0 Å². The number of carbonyl (C=O) groups excluding carboxylic acids is 4. The number of alkyl halides is 1. The van der Waals surface area contributed by atoms with E-state index in [4.69, 9.17) is 4.74 Å². The van der Waals surface area contributed by atoms with Crippen molar-refractivity contribution >= 4 is 39.4 Å². The number of ether oxygens (including phenoxy) is 2. The maximum Gasteiger partial charge on any atom is 0.327 e. The first-order chi connectivity index (χ1) is 11.8. The lowest BCUT2D eigenvalue weighted by Gasteiger charge is -2.06. The first-order valence-corrected chi connectivity index (χ1v) is 9.76. The zero-order valence-corrected chi connectivity index (χ0v) is 17.4. The van der Waals surface area contributed by atoms with Gasteiger partial charge < -0.3 is 9.47 Å². The SMILES string of the molecule is CCCCC(=O)C(Br)C(=O)OCC.CCCCC(=O)CC(=O)OCC. The molecular formula is C18H31BrO6. The van der Waals surface area contributed by atoms with Gasteiger partial charge in [0.05, 0.1) is 13.2 Å². The maximum absolute atomic E-state index is 11.3. The minimum absolute atomic E-state index is 0.0182. The van der Waals surface area contributed by atoms with Gasteiger partial charge in [0.1, 0.15) is 12.2 Å². The fraction of sp³-hybridized carbons (Fsp3) is 0.778. The third-order valence-corrected chi connectivity index (χ3v) is 3.89. The molecule has 0 aromatic heterocycles. The number of ketones is 2. The van der Waals surface area contributed by atoms with E-state index in [0.29, 0.717) is 26.1 Å². The molecule has 0 saturated heterocycles. The summed E-state index contributed by atoms with van der Waals surface area (Å²) in [6, 6.07) is 0. The van der Waals surface area contributed by atoms with E-state index in [1.165, 1.54) is 0 Å². The fourth-order valence-corrected chi connectivity index (χ4v) is 2.02. The zero-order valence-electron chi connectivity index (χ0n) is 15.8. The van der Waals surface area contributed by atoms with Crippen LogP contribution < -0.4 is 0 Å². The summed E-state index contributed by atoms with van der Waals surface area (Å²) in [6.07, 6.45) is 4.48. The highest BCUT2D eigenvalue weighted by molar-refractivity contribution is 9.10. The lowest BCUT2D eigenvalue weighted by Crippen LogP contribution is -2.26. The van der Waals surface area contributed by atoms with E-state index in [0.717, 1.165) is 25.7 Å². The monoisotopic (exact) mass is 422 g/mol. The lowest BCUT2D eigenvalue weighted by atomic mass is 10.1. The molecule has 0 N–H and O–H groups in total. The maximum atomic E-state index is 11.3. The first kappa shape index (κ1) is 26.0. The van der Waals surface area contributed by atoms with Crippen molar-refractivity contribution in [3.05, 3.63) is 0 Å². The molecule has 0 radical (unpaired) electrons. The molecule has 0 aromatic rings. The van der Waals surface area contributed by atoms with Gasteiger partial charge in [-0.15, -0.1) is 0 Å². The molecule has 0 aliphatic carbocycles. The molecule has 1 atom stereocenters. The van der Waals surface area contributed by atoms with Gasteiger partial charge in [0, 0.05) is 12.8 Å². The van der Waals surface area contributed by atoms with Gasteiger partial charge in [-0.3, -0.25) is 19.2 Å². The fourth-order valence-electron chi connectivity index (χ4n) is 1.66. The lowest BCUT2D eigenvalue weighted by molar-refractivity contribution is -0.146. The van der Waals surface area contributed by atoms with Gasteiger partial charge in [0.25, 0.3) is 0 Å². The minimum atomic E-state index is -0.779. The van der Waals surface area contributed by atoms with Crippen molar-refractivity contribution in [3.8, 4) is 0 Å². The number of hydrogen-bond donors (Lipinski definition) is 0. The molecule has 0 aromatic carbocycles. The summed E-state index contributed by atoms with van der Waals surface area (Å²) in [4.78, 5) is 43.3. The third kappa shape index (κ3) is 16.0. The van der Waals surface area contributed by atoms with Crippen LogP contribution in [0.3, 0.4) is 0 Å². The molecule has 0 heterocycles. The van der Waals surface area contributed by atoms with Crippen LogP contribution in [-0.2, 0) is 28.7 Å². The van der Waals surface area contributed by atoms with Crippen LogP contribution in [0.25, 0.3) is 0 Å². The average molecular weight is 423 g/mol. The van der Waals surface area contributed by atoms with E-state index in [-0.39, 0.29) is 18.0 Å². The van der Waals surface area contributed by atoms with Crippen LogP contribution in [0, 0.1) is 0 Å². The predicted octanol–water partition coefficient (Wildman–Crippen LogP) is 3.77. The van der Waals surface area contributed by atoms with Crippen molar-refractivity contribution in [1.82, 2.24) is 0 Å².